The molecule has 12 heavy (non-hydrogen) atoms. The third-order valence-corrected chi connectivity index (χ3v) is 0.811. The molecule has 0 unspecified atom stereocenters. The van der Waals surface area contributed by atoms with Gasteiger partial charge in [0.2, 0.25) is 0 Å². The molecule has 2 N–H and O–H groups in total. The van der Waals surface area contributed by atoms with Crippen molar-refractivity contribution in [3.8, 4) is 0 Å². The quantitative estimate of drug-likeness (QED) is 0.346. The SMILES string of the molecule is CC(C)(C)OC(=O)/C=C\B(O)O. The molecular formula is C7H13BO4. The van der Waals surface area contributed by atoms with E-state index in [1.807, 2.05) is 0 Å². The number of esters is 1. The summed E-state index contributed by atoms with van der Waals surface area (Å²) in [4.78, 5) is 10.8. The molecular weight excluding hydrogens is 159 g/mol. The average Bonchev–Trinajstić information content (AvgIpc) is 1.79. The molecule has 5 heteroatoms. The molecule has 0 aliphatic rings. The minimum absolute atomic E-state index is 0.554. The molecule has 0 heterocycles. The van der Waals surface area contributed by atoms with Crippen molar-refractivity contribution in [3.63, 3.8) is 0 Å². The first-order valence-corrected chi connectivity index (χ1v) is 3.58. The van der Waals surface area contributed by atoms with Crippen LogP contribution in [0.2, 0.25) is 0 Å². The third kappa shape index (κ3) is 7.30. The van der Waals surface area contributed by atoms with Crippen LogP contribution in [0.25, 0.3) is 0 Å². The normalized spacial score (nSPS) is 11.8. The number of hydrogen-bond acceptors (Lipinski definition) is 4. The standard InChI is InChI=1S/C7H13BO4/c1-7(2,3)12-6(9)4-5-8(10)11/h4-5,10-11H,1-3H3/b5-4-. The van der Waals surface area contributed by atoms with Crippen molar-refractivity contribution in [2.45, 2.75) is 26.4 Å². The molecule has 0 rings (SSSR count). The summed E-state index contributed by atoms with van der Waals surface area (Å²) < 4.78 is 4.84. The van der Waals surface area contributed by atoms with Crippen LogP contribution in [0, 0.1) is 0 Å². The summed E-state index contributed by atoms with van der Waals surface area (Å²) in [5.41, 5.74) is -0.554. The largest absolute Gasteiger partial charge is 0.480 e. The van der Waals surface area contributed by atoms with E-state index in [1.54, 1.807) is 20.8 Å². The van der Waals surface area contributed by atoms with Crippen LogP contribution in [0.5, 0.6) is 0 Å². The molecule has 0 amide bonds. The van der Waals surface area contributed by atoms with E-state index >= 15 is 0 Å². The van der Waals surface area contributed by atoms with Gasteiger partial charge in [-0.15, -0.1) is 0 Å². The Bertz CT molecular complexity index is 180. The molecule has 0 spiro atoms. The van der Waals surface area contributed by atoms with Gasteiger partial charge in [0.15, 0.2) is 0 Å². The Hall–Kier alpha value is -0.805. The average molecular weight is 172 g/mol. The van der Waals surface area contributed by atoms with Gasteiger partial charge >= 0.3 is 13.1 Å². The van der Waals surface area contributed by atoms with E-state index in [2.05, 4.69) is 0 Å². The zero-order valence-corrected chi connectivity index (χ0v) is 7.44. The van der Waals surface area contributed by atoms with Gasteiger partial charge in [-0.3, -0.25) is 0 Å². The maximum Gasteiger partial charge on any atom is 0.480 e. The topological polar surface area (TPSA) is 66.8 Å². The number of ether oxygens (including phenoxy) is 1. The Morgan fingerprint density at radius 1 is 1.42 bits per heavy atom. The summed E-state index contributed by atoms with van der Waals surface area (Å²) in [6.45, 7) is 5.19. The van der Waals surface area contributed by atoms with Crippen LogP contribution in [0.3, 0.4) is 0 Å². The van der Waals surface area contributed by atoms with Crippen LogP contribution >= 0.6 is 0 Å². The van der Waals surface area contributed by atoms with Crippen LogP contribution < -0.4 is 0 Å². The van der Waals surface area contributed by atoms with E-state index in [9.17, 15) is 4.79 Å². The molecule has 0 saturated heterocycles. The first kappa shape index (κ1) is 11.2. The number of rotatable bonds is 2. The molecule has 4 nitrogen and oxygen atoms in total. The first-order chi connectivity index (χ1) is 5.31. The van der Waals surface area contributed by atoms with Crippen LogP contribution in [-0.2, 0) is 9.53 Å². The highest BCUT2D eigenvalue weighted by atomic mass is 16.6. The molecule has 0 atom stereocenters. The molecule has 0 aliphatic heterocycles. The summed E-state index contributed by atoms with van der Waals surface area (Å²) in [6, 6.07) is 0. The van der Waals surface area contributed by atoms with Crippen molar-refractivity contribution in [1.29, 1.82) is 0 Å². The summed E-state index contributed by atoms with van der Waals surface area (Å²) in [5, 5.41) is 16.7. The van der Waals surface area contributed by atoms with Crippen molar-refractivity contribution < 1.29 is 19.6 Å². The highest BCUT2D eigenvalue weighted by Gasteiger charge is 2.14. The van der Waals surface area contributed by atoms with E-state index < -0.39 is 18.7 Å². The molecule has 0 fully saturated rings. The molecule has 0 aromatic carbocycles. The Morgan fingerprint density at radius 2 is 1.92 bits per heavy atom. The highest BCUT2D eigenvalue weighted by molar-refractivity contribution is 6.48. The first-order valence-electron chi connectivity index (χ1n) is 3.58. The van der Waals surface area contributed by atoms with Gasteiger partial charge in [0, 0.05) is 6.08 Å². The van der Waals surface area contributed by atoms with Crippen molar-refractivity contribution in [1.82, 2.24) is 0 Å². The van der Waals surface area contributed by atoms with Gasteiger partial charge in [-0.05, 0) is 26.7 Å². The van der Waals surface area contributed by atoms with Crippen LogP contribution in [-0.4, -0.2) is 28.7 Å². The maximum absolute atomic E-state index is 10.8. The summed E-state index contributed by atoms with van der Waals surface area (Å²) in [7, 11) is -1.61. The number of hydrogen-bond donors (Lipinski definition) is 2. The van der Waals surface area contributed by atoms with Gasteiger partial charge < -0.3 is 14.8 Å². The zero-order chi connectivity index (χ0) is 9.78. The van der Waals surface area contributed by atoms with Crippen LogP contribution in [0.15, 0.2) is 12.1 Å². The minimum Gasteiger partial charge on any atom is -0.457 e. The van der Waals surface area contributed by atoms with Crippen molar-refractivity contribution in [2.75, 3.05) is 0 Å². The van der Waals surface area contributed by atoms with Gasteiger partial charge in [0.05, 0.1) is 0 Å². The smallest absolute Gasteiger partial charge is 0.457 e. The third-order valence-electron chi connectivity index (χ3n) is 0.811. The second-order valence-corrected chi connectivity index (χ2v) is 3.31. The highest BCUT2D eigenvalue weighted by Crippen LogP contribution is 2.06. The monoisotopic (exact) mass is 172 g/mol. The minimum atomic E-state index is -1.61. The predicted octanol–water partition coefficient (Wildman–Crippen LogP) is -0.104. The lowest BCUT2D eigenvalue weighted by molar-refractivity contribution is -0.148. The Kier molecular flexibility index (Phi) is 3.99. The molecule has 0 bridgehead atoms. The number of carbonyl (C=O) groups excluding carboxylic acids is 1. The van der Waals surface area contributed by atoms with Crippen molar-refractivity contribution in [2.24, 2.45) is 0 Å². The lowest BCUT2D eigenvalue weighted by Crippen LogP contribution is -2.23. The fraction of sp³-hybridized carbons (Fsp3) is 0.571. The van der Waals surface area contributed by atoms with E-state index in [-0.39, 0.29) is 0 Å². The Balaban J connectivity index is 3.91. The molecule has 0 aromatic heterocycles. The van der Waals surface area contributed by atoms with E-state index in [4.69, 9.17) is 14.8 Å². The fourth-order valence-electron chi connectivity index (χ4n) is 0.500. The van der Waals surface area contributed by atoms with Gasteiger partial charge in [-0.1, -0.05) is 0 Å². The molecule has 0 aromatic rings. The van der Waals surface area contributed by atoms with Crippen molar-refractivity contribution >= 4 is 13.1 Å². The Labute approximate surface area is 72.0 Å². The van der Waals surface area contributed by atoms with Gasteiger partial charge in [0.1, 0.15) is 5.60 Å². The predicted molar refractivity (Wildman–Crippen MR) is 45.2 cm³/mol. The summed E-state index contributed by atoms with van der Waals surface area (Å²) in [5.74, 6) is 0.351. The molecule has 68 valence electrons. The maximum atomic E-state index is 10.8. The fourth-order valence-corrected chi connectivity index (χ4v) is 0.500. The lowest BCUT2D eigenvalue weighted by Gasteiger charge is -2.17. The van der Waals surface area contributed by atoms with Gasteiger partial charge in [-0.2, -0.15) is 0 Å². The van der Waals surface area contributed by atoms with E-state index in [1.165, 1.54) is 0 Å². The lowest BCUT2D eigenvalue weighted by atomic mass is 9.92. The molecule has 0 radical (unpaired) electrons. The van der Waals surface area contributed by atoms with E-state index in [0.29, 0.717) is 0 Å². The molecule has 0 saturated carbocycles. The van der Waals surface area contributed by atoms with Crippen LogP contribution in [0.4, 0.5) is 0 Å². The van der Waals surface area contributed by atoms with Gasteiger partial charge in [-0.25, -0.2) is 4.79 Å². The van der Waals surface area contributed by atoms with E-state index in [0.717, 1.165) is 12.1 Å². The second-order valence-electron chi connectivity index (χ2n) is 3.31. The van der Waals surface area contributed by atoms with Crippen molar-refractivity contribution in [3.05, 3.63) is 12.1 Å². The zero-order valence-electron chi connectivity index (χ0n) is 7.44. The van der Waals surface area contributed by atoms with Gasteiger partial charge in [0.25, 0.3) is 0 Å². The number of carbonyl (C=O) groups is 1. The summed E-state index contributed by atoms with van der Waals surface area (Å²) in [6.07, 6.45) is 0.982. The molecule has 0 aliphatic carbocycles. The van der Waals surface area contributed by atoms with Crippen LogP contribution in [0.1, 0.15) is 20.8 Å². The summed E-state index contributed by atoms with van der Waals surface area (Å²) >= 11 is 0. The second kappa shape index (κ2) is 4.28. The Morgan fingerprint density at radius 3 is 2.25 bits per heavy atom.